The molecule has 0 atom stereocenters. The number of carbonyl (C=O) groups excluding carboxylic acids is 2. The van der Waals surface area contributed by atoms with Crippen molar-refractivity contribution in [2.24, 2.45) is 4.99 Å². The van der Waals surface area contributed by atoms with Gasteiger partial charge in [0.2, 0.25) is 0 Å². The van der Waals surface area contributed by atoms with Crippen LogP contribution in [0.5, 0.6) is 11.5 Å². The molecule has 3 heterocycles. The van der Waals surface area contributed by atoms with Crippen molar-refractivity contribution in [1.29, 1.82) is 0 Å². The summed E-state index contributed by atoms with van der Waals surface area (Å²) in [7, 11) is 0. The molecule has 3 aromatic carbocycles. The number of hydrogen-bond donors (Lipinski definition) is 0. The summed E-state index contributed by atoms with van der Waals surface area (Å²) in [6, 6.07) is 19.1. The smallest absolute Gasteiger partial charge is 0.264 e. The molecule has 36 heavy (non-hydrogen) atoms. The zero-order valence-electron chi connectivity index (χ0n) is 20.9. The van der Waals surface area contributed by atoms with Crippen LogP contribution in [0.2, 0.25) is 0 Å². The van der Waals surface area contributed by atoms with E-state index in [-0.39, 0.29) is 24.1 Å². The number of nitrogens with zero attached hydrogens (tertiary/aromatic N) is 2. The molecule has 0 spiro atoms. The van der Waals surface area contributed by atoms with Crippen LogP contribution in [0.3, 0.4) is 0 Å². The normalized spacial score (nSPS) is 18.8. The molecule has 0 saturated carbocycles. The fraction of sp³-hybridized carbons (Fsp3) is 0.300. The summed E-state index contributed by atoms with van der Waals surface area (Å²) in [6.45, 7) is 8.20. The second-order valence-electron chi connectivity index (χ2n) is 10.9. The van der Waals surface area contributed by atoms with Gasteiger partial charge in [-0.05, 0) is 57.9 Å². The molecule has 0 bridgehead atoms. The Hall–Kier alpha value is -3.93. The highest BCUT2D eigenvalue weighted by Crippen LogP contribution is 2.48. The first-order chi connectivity index (χ1) is 17.1. The molecule has 0 N–H and O–H groups in total. The minimum absolute atomic E-state index is 0.176. The first-order valence-electron chi connectivity index (χ1n) is 12.2. The van der Waals surface area contributed by atoms with Crippen molar-refractivity contribution in [2.75, 3.05) is 6.73 Å². The molecule has 3 aliphatic rings. The Morgan fingerprint density at radius 2 is 1.56 bits per heavy atom. The Bertz CT molecular complexity index is 1420. The Morgan fingerprint density at radius 1 is 0.917 bits per heavy atom. The van der Waals surface area contributed by atoms with E-state index in [9.17, 15) is 9.59 Å². The van der Waals surface area contributed by atoms with Crippen LogP contribution < -0.4 is 9.47 Å². The van der Waals surface area contributed by atoms with Gasteiger partial charge in [-0.1, -0.05) is 42.5 Å². The third-order valence-corrected chi connectivity index (χ3v) is 6.96. The number of rotatable bonds is 4. The molecule has 0 radical (unpaired) electrons. The first kappa shape index (κ1) is 22.5. The van der Waals surface area contributed by atoms with E-state index >= 15 is 0 Å². The van der Waals surface area contributed by atoms with Crippen molar-refractivity contribution in [1.82, 2.24) is 4.90 Å². The Morgan fingerprint density at radius 3 is 2.22 bits per heavy atom. The van der Waals surface area contributed by atoms with Crippen LogP contribution in [-0.2, 0) is 12.8 Å². The van der Waals surface area contributed by atoms with Gasteiger partial charge < -0.3 is 9.47 Å². The maximum Gasteiger partial charge on any atom is 0.264 e. The van der Waals surface area contributed by atoms with Gasteiger partial charge >= 0.3 is 0 Å². The maximum atomic E-state index is 12.9. The molecule has 182 valence electrons. The average Bonchev–Trinajstić information content (AvgIpc) is 3.29. The fourth-order valence-corrected chi connectivity index (χ4v) is 5.47. The van der Waals surface area contributed by atoms with Crippen LogP contribution in [0.1, 0.15) is 70.7 Å². The van der Waals surface area contributed by atoms with Crippen LogP contribution in [0.25, 0.3) is 0 Å². The van der Waals surface area contributed by atoms with Gasteiger partial charge in [-0.15, -0.1) is 0 Å². The van der Waals surface area contributed by atoms with Crippen LogP contribution in [-0.4, -0.2) is 40.3 Å². The van der Waals surface area contributed by atoms with Crippen LogP contribution >= 0.6 is 0 Å². The van der Waals surface area contributed by atoms with Crippen LogP contribution in [0, 0.1) is 0 Å². The van der Waals surface area contributed by atoms with Gasteiger partial charge in [0.25, 0.3) is 11.8 Å². The molecule has 0 saturated heterocycles. The van der Waals surface area contributed by atoms with Crippen molar-refractivity contribution in [2.45, 2.75) is 51.7 Å². The SMILES string of the molecule is CC1(C)Cc2cc(OCN3C(=O)c4ccccc4C3=O)c3c(c2C(c2ccccc2)=N1)CC(C)(C)O3. The largest absolute Gasteiger partial charge is 0.483 e. The minimum Gasteiger partial charge on any atom is -0.483 e. The second kappa shape index (κ2) is 7.79. The summed E-state index contributed by atoms with van der Waals surface area (Å²) in [4.78, 5) is 32.0. The van der Waals surface area contributed by atoms with E-state index in [0.29, 0.717) is 29.0 Å². The average molecular weight is 481 g/mol. The molecule has 0 fully saturated rings. The van der Waals surface area contributed by atoms with Gasteiger partial charge in [0, 0.05) is 23.1 Å². The lowest BCUT2D eigenvalue weighted by atomic mass is 9.81. The zero-order valence-corrected chi connectivity index (χ0v) is 20.9. The van der Waals surface area contributed by atoms with Gasteiger partial charge in [-0.25, -0.2) is 4.90 Å². The standard InChI is InChI=1S/C30H28N2O4/c1-29(2)15-19-14-23(35-17-32-27(33)20-12-8-9-13-21(20)28(32)34)26-22(16-30(3,4)36-26)24(19)25(31-29)18-10-6-5-7-11-18/h5-14H,15-17H2,1-4H3. The number of hydrogen-bond acceptors (Lipinski definition) is 5. The summed E-state index contributed by atoms with van der Waals surface area (Å²) in [5.41, 5.74) is 5.44. The van der Waals surface area contributed by atoms with Crippen molar-refractivity contribution in [3.05, 3.63) is 94.0 Å². The predicted octanol–water partition coefficient (Wildman–Crippen LogP) is 5.20. The number of amides is 2. The third kappa shape index (κ3) is 3.60. The maximum absolute atomic E-state index is 12.9. The number of aliphatic imine (C=N–C) groups is 1. The van der Waals surface area contributed by atoms with Crippen molar-refractivity contribution in [3.63, 3.8) is 0 Å². The molecule has 0 unspecified atom stereocenters. The van der Waals surface area contributed by atoms with E-state index in [2.05, 4.69) is 39.8 Å². The Labute approximate surface area is 210 Å². The summed E-state index contributed by atoms with van der Waals surface area (Å²) in [5, 5.41) is 0. The van der Waals surface area contributed by atoms with E-state index in [1.54, 1.807) is 24.3 Å². The van der Waals surface area contributed by atoms with Crippen molar-refractivity contribution < 1.29 is 19.1 Å². The van der Waals surface area contributed by atoms with Gasteiger partial charge in [0.1, 0.15) is 5.60 Å². The molecule has 2 amide bonds. The van der Waals surface area contributed by atoms with Crippen molar-refractivity contribution >= 4 is 17.5 Å². The number of imide groups is 1. The zero-order chi connectivity index (χ0) is 25.2. The molecule has 6 nitrogen and oxygen atoms in total. The third-order valence-electron chi connectivity index (χ3n) is 6.96. The fourth-order valence-electron chi connectivity index (χ4n) is 5.47. The minimum atomic E-state index is -0.417. The summed E-state index contributed by atoms with van der Waals surface area (Å²) in [5.74, 6) is 0.534. The molecule has 3 aliphatic heterocycles. The highest BCUT2D eigenvalue weighted by molar-refractivity contribution is 6.21. The number of fused-ring (bicyclic) bond motifs is 4. The molecule has 6 heteroatoms. The number of benzene rings is 3. The highest BCUT2D eigenvalue weighted by Gasteiger charge is 2.41. The summed E-state index contributed by atoms with van der Waals surface area (Å²) < 4.78 is 12.6. The van der Waals surface area contributed by atoms with Gasteiger partial charge in [-0.3, -0.25) is 14.6 Å². The Kier molecular flexibility index (Phi) is 4.87. The lowest BCUT2D eigenvalue weighted by Crippen LogP contribution is -2.34. The lowest BCUT2D eigenvalue weighted by molar-refractivity contribution is 0.0510. The van der Waals surface area contributed by atoms with E-state index in [4.69, 9.17) is 14.5 Å². The van der Waals surface area contributed by atoms with E-state index in [1.807, 2.05) is 24.3 Å². The highest BCUT2D eigenvalue weighted by atomic mass is 16.5. The van der Waals surface area contributed by atoms with Gasteiger partial charge in [0.05, 0.1) is 22.4 Å². The van der Waals surface area contributed by atoms with E-state index in [1.165, 1.54) is 0 Å². The number of ether oxygens (including phenoxy) is 2. The lowest BCUT2D eigenvalue weighted by Gasteiger charge is -2.31. The number of carbonyl (C=O) groups is 2. The molecule has 0 aromatic heterocycles. The topological polar surface area (TPSA) is 68.2 Å². The van der Waals surface area contributed by atoms with E-state index < -0.39 is 5.60 Å². The quantitative estimate of drug-likeness (QED) is 0.481. The summed E-state index contributed by atoms with van der Waals surface area (Å²) in [6.07, 6.45) is 1.46. The summed E-state index contributed by atoms with van der Waals surface area (Å²) >= 11 is 0. The predicted molar refractivity (Wildman–Crippen MR) is 137 cm³/mol. The van der Waals surface area contributed by atoms with E-state index in [0.717, 1.165) is 39.3 Å². The Balaban J connectivity index is 1.41. The molecular formula is C30H28N2O4. The molecule has 3 aromatic rings. The molecule has 6 rings (SSSR count). The second-order valence-corrected chi connectivity index (χ2v) is 10.9. The van der Waals surface area contributed by atoms with Crippen molar-refractivity contribution in [3.8, 4) is 11.5 Å². The first-order valence-corrected chi connectivity index (χ1v) is 12.2. The molecule has 0 aliphatic carbocycles. The molecular weight excluding hydrogens is 452 g/mol. The monoisotopic (exact) mass is 480 g/mol. The van der Waals surface area contributed by atoms with Gasteiger partial charge in [0.15, 0.2) is 18.2 Å². The van der Waals surface area contributed by atoms with Gasteiger partial charge in [-0.2, -0.15) is 0 Å². The van der Waals surface area contributed by atoms with Crippen LogP contribution in [0.15, 0.2) is 65.7 Å². The van der Waals surface area contributed by atoms with Crippen LogP contribution in [0.4, 0.5) is 0 Å².